The molecule has 0 unspecified atom stereocenters. The fourth-order valence-electron chi connectivity index (χ4n) is 1.73. The molecular weight excluding hydrogens is 393 g/mol. The average Bonchev–Trinajstić information content (AvgIpc) is 3.17. The number of likely N-dealkylation sites (tertiary alicyclic amines) is 1. The Labute approximate surface area is 150 Å². The maximum atomic E-state index is 8.48. The van der Waals surface area contributed by atoms with Crippen LogP contribution in [-0.4, -0.2) is 90.0 Å². The number of alkyl halides is 1. The van der Waals surface area contributed by atoms with Gasteiger partial charge in [-0.05, 0) is 43.0 Å². The van der Waals surface area contributed by atoms with E-state index < -0.39 is 0 Å². The van der Waals surface area contributed by atoms with E-state index in [4.69, 9.17) is 10.2 Å². The molecule has 6 heteroatoms. The second-order valence-electron chi connectivity index (χ2n) is 5.89. The van der Waals surface area contributed by atoms with Crippen LogP contribution >= 0.6 is 22.6 Å². The summed E-state index contributed by atoms with van der Waals surface area (Å²) >= 11 is 2.15. The maximum absolute atomic E-state index is 8.48. The molecule has 132 valence electrons. The molecule has 3 N–H and O–H groups in total. The number of quaternary nitrogens is 1. The van der Waals surface area contributed by atoms with Crippen LogP contribution in [0.4, 0.5) is 0 Å². The van der Waals surface area contributed by atoms with E-state index in [9.17, 15) is 0 Å². The number of likely N-dealkylation sites (N-methyl/N-ethyl adjacent to an activating group) is 1. The van der Waals surface area contributed by atoms with E-state index in [2.05, 4.69) is 53.6 Å². The van der Waals surface area contributed by atoms with Gasteiger partial charge in [0.1, 0.15) is 6.54 Å². The molecule has 0 amide bonds. The Kier molecular flexibility index (Phi) is 18.9. The number of rotatable bonds is 4. The molecule has 0 aliphatic carbocycles. The van der Waals surface area contributed by atoms with Crippen LogP contribution in [0.1, 0.15) is 12.8 Å². The number of nitrogens with one attached hydrogen (secondary N) is 1. The summed E-state index contributed by atoms with van der Waals surface area (Å²) in [6.45, 7) is 4.70. The van der Waals surface area contributed by atoms with Crippen molar-refractivity contribution in [3.63, 3.8) is 0 Å². The van der Waals surface area contributed by atoms with Crippen LogP contribution in [0, 0.1) is 0 Å². The van der Waals surface area contributed by atoms with Crippen molar-refractivity contribution >= 4 is 22.6 Å². The van der Waals surface area contributed by atoms with Crippen LogP contribution in [-0.2, 0) is 0 Å². The molecule has 2 rings (SSSR count). The fourth-order valence-corrected chi connectivity index (χ4v) is 1.73. The molecule has 1 aliphatic rings. The lowest BCUT2D eigenvalue weighted by molar-refractivity contribution is -0.870. The maximum Gasteiger partial charge on any atom is 0.101 e. The molecule has 1 fully saturated rings. The molecule has 1 aromatic rings. The lowest BCUT2D eigenvalue weighted by atomic mass is 10.4. The summed E-state index contributed by atoms with van der Waals surface area (Å²) in [5.74, 6) is 0. The molecule has 0 aromatic carbocycles. The van der Waals surface area contributed by atoms with Crippen molar-refractivity contribution in [2.45, 2.75) is 12.8 Å². The molecule has 22 heavy (non-hydrogen) atoms. The molecule has 0 saturated carbocycles. The molecule has 5 nitrogen and oxygen atoms in total. The van der Waals surface area contributed by atoms with Crippen molar-refractivity contribution in [2.75, 3.05) is 65.5 Å². The first-order chi connectivity index (χ1) is 10.5. The molecule has 0 radical (unpaired) electrons. The zero-order valence-corrected chi connectivity index (χ0v) is 16.8. The molecule has 2 heterocycles. The SMILES string of the molecule is CI.C[N+](C)(C)CCO.OCCN1CCCC1.c1cc[nH]c1. The zero-order chi connectivity index (χ0) is 17.3. The van der Waals surface area contributed by atoms with Gasteiger partial charge in [-0.3, -0.25) is 0 Å². The van der Waals surface area contributed by atoms with E-state index in [0.29, 0.717) is 6.61 Å². The summed E-state index contributed by atoms with van der Waals surface area (Å²) in [6, 6.07) is 3.89. The molecule has 0 bridgehead atoms. The molecule has 0 spiro atoms. The van der Waals surface area contributed by atoms with Gasteiger partial charge in [-0.2, -0.15) is 0 Å². The second-order valence-corrected chi connectivity index (χ2v) is 5.89. The summed E-state index contributed by atoms with van der Waals surface area (Å²) in [6.07, 6.45) is 6.39. The van der Waals surface area contributed by atoms with Crippen molar-refractivity contribution < 1.29 is 14.7 Å². The standard InChI is InChI=1S/C6H13NO.C5H14NO.C4H5N.CH3I/c8-6-5-7-3-1-2-4-7;1-6(2,3)4-5-7;1-2-4-5-3-1;1-2/h8H,1-6H2;7H,4-5H2,1-3H3;1-5H;1H3/q;+1;;. The average molecular weight is 428 g/mol. The van der Waals surface area contributed by atoms with Crippen LogP contribution in [0.2, 0.25) is 0 Å². The van der Waals surface area contributed by atoms with E-state index in [0.717, 1.165) is 17.6 Å². The van der Waals surface area contributed by atoms with Gasteiger partial charge in [-0.15, -0.1) is 0 Å². The lowest BCUT2D eigenvalue weighted by Gasteiger charge is -2.21. The first-order valence-electron chi connectivity index (χ1n) is 7.69. The van der Waals surface area contributed by atoms with Crippen LogP contribution < -0.4 is 0 Å². The second kappa shape index (κ2) is 17.2. The number of hydrogen-bond acceptors (Lipinski definition) is 3. The van der Waals surface area contributed by atoms with E-state index in [1.165, 1.54) is 25.9 Å². The number of aromatic nitrogens is 1. The first-order valence-corrected chi connectivity index (χ1v) is 9.85. The summed E-state index contributed by atoms with van der Waals surface area (Å²) < 4.78 is 0.844. The van der Waals surface area contributed by atoms with Gasteiger partial charge in [0.05, 0.1) is 34.4 Å². The highest BCUT2D eigenvalue weighted by molar-refractivity contribution is 14.1. The topological polar surface area (TPSA) is 59.5 Å². The zero-order valence-electron chi connectivity index (χ0n) is 14.6. The minimum atomic E-state index is 0.281. The number of aromatic amines is 1. The fraction of sp³-hybridized carbons (Fsp3) is 0.750. The third-order valence-corrected chi connectivity index (χ3v) is 2.88. The van der Waals surface area contributed by atoms with Gasteiger partial charge in [-0.25, -0.2) is 0 Å². The van der Waals surface area contributed by atoms with Crippen LogP contribution in [0.15, 0.2) is 24.5 Å². The number of aliphatic hydroxyl groups is 2. The number of hydrogen-bond donors (Lipinski definition) is 3. The molecular formula is C16H35IN3O2+. The Morgan fingerprint density at radius 3 is 1.73 bits per heavy atom. The Bertz CT molecular complexity index is 267. The number of nitrogens with zero attached hydrogens (tertiary/aromatic N) is 2. The Hall–Kier alpha value is -0.150. The van der Waals surface area contributed by atoms with Crippen LogP contribution in [0.5, 0.6) is 0 Å². The smallest absolute Gasteiger partial charge is 0.101 e. The summed E-state index contributed by atoms with van der Waals surface area (Å²) in [4.78, 5) is 7.12. The van der Waals surface area contributed by atoms with E-state index >= 15 is 0 Å². The van der Waals surface area contributed by atoms with Crippen LogP contribution in [0.3, 0.4) is 0 Å². The van der Waals surface area contributed by atoms with Crippen molar-refractivity contribution in [1.82, 2.24) is 9.88 Å². The number of β-amino-alcohol motifs (C(OH)–C–C–N with tert-alkyl or cyclic N) is 1. The van der Waals surface area contributed by atoms with Crippen molar-refractivity contribution in [3.8, 4) is 0 Å². The monoisotopic (exact) mass is 428 g/mol. The Morgan fingerprint density at radius 2 is 1.50 bits per heavy atom. The molecule has 1 saturated heterocycles. The number of aliphatic hydroxyl groups excluding tert-OH is 2. The van der Waals surface area contributed by atoms with Crippen molar-refractivity contribution in [2.24, 2.45) is 0 Å². The normalized spacial score (nSPS) is 14.0. The van der Waals surface area contributed by atoms with Crippen molar-refractivity contribution in [3.05, 3.63) is 24.5 Å². The Morgan fingerprint density at radius 1 is 1.00 bits per heavy atom. The van der Waals surface area contributed by atoms with Crippen LogP contribution in [0.25, 0.3) is 0 Å². The molecule has 1 aliphatic heterocycles. The van der Waals surface area contributed by atoms with Gasteiger partial charge >= 0.3 is 0 Å². The molecule has 0 atom stereocenters. The highest BCUT2D eigenvalue weighted by atomic mass is 127. The predicted molar refractivity (Wildman–Crippen MR) is 103 cm³/mol. The third-order valence-electron chi connectivity index (χ3n) is 2.88. The first kappa shape index (κ1) is 24.1. The van der Waals surface area contributed by atoms with E-state index in [-0.39, 0.29) is 6.61 Å². The van der Waals surface area contributed by atoms with Crippen molar-refractivity contribution in [1.29, 1.82) is 0 Å². The van der Waals surface area contributed by atoms with Gasteiger partial charge in [0, 0.05) is 18.9 Å². The number of H-pyrrole nitrogens is 1. The van der Waals surface area contributed by atoms with Gasteiger partial charge in [0.15, 0.2) is 0 Å². The lowest BCUT2D eigenvalue weighted by Crippen LogP contribution is -2.36. The van der Waals surface area contributed by atoms with Gasteiger partial charge in [0.2, 0.25) is 0 Å². The minimum Gasteiger partial charge on any atom is -0.395 e. The summed E-state index contributed by atoms with van der Waals surface area (Å²) in [5, 5.41) is 16.9. The third kappa shape index (κ3) is 19.9. The predicted octanol–water partition coefficient (Wildman–Crippen LogP) is 1.83. The highest BCUT2D eigenvalue weighted by Gasteiger charge is 2.08. The number of halogens is 1. The highest BCUT2D eigenvalue weighted by Crippen LogP contribution is 2.05. The van der Waals surface area contributed by atoms with E-state index in [1.807, 2.05) is 29.5 Å². The van der Waals surface area contributed by atoms with Gasteiger partial charge in [0.25, 0.3) is 0 Å². The largest absolute Gasteiger partial charge is 0.395 e. The van der Waals surface area contributed by atoms with Gasteiger partial charge in [-0.1, -0.05) is 22.6 Å². The summed E-state index contributed by atoms with van der Waals surface area (Å²) in [5.41, 5.74) is 0. The Balaban J connectivity index is 0. The van der Waals surface area contributed by atoms with Gasteiger partial charge < -0.3 is 24.6 Å². The minimum absolute atomic E-state index is 0.281. The quantitative estimate of drug-likeness (QED) is 0.390. The van der Waals surface area contributed by atoms with E-state index in [1.54, 1.807) is 0 Å². The summed E-state index contributed by atoms with van der Waals surface area (Å²) in [7, 11) is 6.16. The molecule has 1 aromatic heterocycles.